The Hall–Kier alpha value is -3.61. The van der Waals surface area contributed by atoms with Gasteiger partial charge in [-0.25, -0.2) is 0 Å². The Labute approximate surface area is 177 Å². The number of benzene rings is 3. The number of carbonyl (C=O) groups is 2. The van der Waals surface area contributed by atoms with Crippen LogP contribution in [0.4, 0.5) is 24.5 Å². The first-order chi connectivity index (χ1) is 14.8. The number of carbonyl (C=O) groups excluding carboxylic acids is 2. The molecule has 0 atom stereocenters. The van der Waals surface area contributed by atoms with Gasteiger partial charge in [0, 0.05) is 29.0 Å². The van der Waals surface area contributed by atoms with E-state index in [4.69, 9.17) is 0 Å². The van der Waals surface area contributed by atoms with Crippen molar-refractivity contribution in [2.24, 2.45) is 0 Å². The number of nitrogens with one attached hydrogen (secondary N) is 1. The van der Waals surface area contributed by atoms with Crippen LogP contribution in [-0.2, 0) is 12.6 Å². The highest BCUT2D eigenvalue weighted by molar-refractivity contribution is 6.07. The summed E-state index contributed by atoms with van der Waals surface area (Å²) in [7, 11) is 0. The van der Waals surface area contributed by atoms with Gasteiger partial charge in [0.15, 0.2) is 0 Å². The number of nitrogens with zero attached hydrogens (tertiary/aromatic N) is 1. The van der Waals surface area contributed by atoms with Crippen LogP contribution in [0.25, 0.3) is 0 Å². The third-order valence-electron chi connectivity index (χ3n) is 5.17. The van der Waals surface area contributed by atoms with Crippen molar-refractivity contribution in [1.82, 2.24) is 0 Å². The molecule has 1 heterocycles. The molecule has 0 fully saturated rings. The molecule has 0 aromatic heterocycles. The van der Waals surface area contributed by atoms with Gasteiger partial charge in [-0.1, -0.05) is 24.3 Å². The van der Waals surface area contributed by atoms with Crippen molar-refractivity contribution in [2.75, 3.05) is 16.8 Å². The van der Waals surface area contributed by atoms with Gasteiger partial charge in [-0.05, 0) is 66.9 Å². The highest BCUT2D eigenvalue weighted by Crippen LogP contribution is 2.32. The van der Waals surface area contributed by atoms with E-state index >= 15 is 0 Å². The summed E-state index contributed by atoms with van der Waals surface area (Å²) in [4.78, 5) is 27.1. The van der Waals surface area contributed by atoms with E-state index in [0.717, 1.165) is 36.2 Å². The number of alkyl halides is 3. The van der Waals surface area contributed by atoms with E-state index in [2.05, 4.69) is 5.32 Å². The summed E-state index contributed by atoms with van der Waals surface area (Å²) in [6, 6.07) is 18.5. The van der Waals surface area contributed by atoms with Gasteiger partial charge in [0.25, 0.3) is 11.8 Å². The lowest BCUT2D eigenvalue weighted by Crippen LogP contribution is -2.35. The molecule has 2 amide bonds. The fourth-order valence-electron chi connectivity index (χ4n) is 3.66. The molecule has 0 bridgehead atoms. The Morgan fingerprint density at radius 2 is 1.61 bits per heavy atom. The van der Waals surface area contributed by atoms with E-state index in [-0.39, 0.29) is 11.5 Å². The zero-order chi connectivity index (χ0) is 22.0. The maximum atomic E-state index is 12.9. The van der Waals surface area contributed by atoms with Crippen LogP contribution in [0.15, 0.2) is 72.8 Å². The molecule has 7 heteroatoms. The van der Waals surface area contributed by atoms with E-state index < -0.39 is 17.6 Å². The second-order valence-corrected chi connectivity index (χ2v) is 7.30. The molecule has 0 unspecified atom stereocenters. The summed E-state index contributed by atoms with van der Waals surface area (Å²) in [5, 5.41) is 2.65. The molecule has 3 aromatic rings. The maximum absolute atomic E-state index is 12.9. The quantitative estimate of drug-likeness (QED) is 0.599. The van der Waals surface area contributed by atoms with E-state index in [1.807, 2.05) is 18.2 Å². The highest BCUT2D eigenvalue weighted by atomic mass is 19.4. The van der Waals surface area contributed by atoms with E-state index in [1.54, 1.807) is 35.2 Å². The predicted molar refractivity (Wildman–Crippen MR) is 112 cm³/mol. The molecule has 0 saturated carbocycles. The number of hydrogen-bond donors (Lipinski definition) is 1. The van der Waals surface area contributed by atoms with Crippen LogP contribution < -0.4 is 10.2 Å². The Bertz CT molecular complexity index is 1130. The summed E-state index contributed by atoms with van der Waals surface area (Å²) in [6.07, 6.45) is -3.01. The zero-order valence-electron chi connectivity index (χ0n) is 16.4. The number of fused-ring (bicyclic) bond motifs is 1. The van der Waals surface area contributed by atoms with E-state index in [9.17, 15) is 22.8 Å². The number of aryl methyl sites for hydroxylation is 1. The van der Waals surface area contributed by atoms with Crippen molar-refractivity contribution in [3.8, 4) is 0 Å². The summed E-state index contributed by atoms with van der Waals surface area (Å²) in [6.45, 7) is 0.594. The smallest absolute Gasteiger partial charge is 0.322 e. The molecule has 4 nitrogen and oxygen atoms in total. The second kappa shape index (κ2) is 8.26. The number of amides is 2. The minimum absolute atomic E-state index is 0.0755. The van der Waals surface area contributed by atoms with Crippen LogP contribution in [0.3, 0.4) is 0 Å². The molecular formula is C24H19F3N2O2. The minimum Gasteiger partial charge on any atom is -0.322 e. The Morgan fingerprint density at radius 1 is 0.871 bits per heavy atom. The Kier molecular flexibility index (Phi) is 5.50. The van der Waals surface area contributed by atoms with Gasteiger partial charge in [-0.15, -0.1) is 0 Å². The molecule has 1 N–H and O–H groups in total. The third kappa shape index (κ3) is 4.45. The van der Waals surface area contributed by atoms with Gasteiger partial charge in [-0.2, -0.15) is 13.2 Å². The molecule has 31 heavy (non-hydrogen) atoms. The van der Waals surface area contributed by atoms with Gasteiger partial charge < -0.3 is 10.2 Å². The fraction of sp³-hybridized carbons (Fsp3) is 0.167. The van der Waals surface area contributed by atoms with Crippen molar-refractivity contribution < 1.29 is 22.8 Å². The zero-order valence-corrected chi connectivity index (χ0v) is 16.4. The molecule has 158 valence electrons. The van der Waals surface area contributed by atoms with Crippen molar-refractivity contribution in [3.63, 3.8) is 0 Å². The summed E-state index contributed by atoms with van der Waals surface area (Å²) < 4.78 is 38.7. The lowest BCUT2D eigenvalue weighted by molar-refractivity contribution is -0.137. The highest BCUT2D eigenvalue weighted by Gasteiger charge is 2.31. The normalized spacial score (nSPS) is 13.5. The molecule has 0 saturated heterocycles. The lowest BCUT2D eigenvalue weighted by Gasteiger charge is -2.30. The molecule has 0 spiro atoms. The van der Waals surface area contributed by atoms with Gasteiger partial charge in [0.2, 0.25) is 0 Å². The fourth-order valence-corrected chi connectivity index (χ4v) is 3.66. The molecule has 0 aliphatic carbocycles. The summed E-state index contributed by atoms with van der Waals surface area (Å²) in [5.74, 6) is -0.721. The SMILES string of the molecule is O=C(Nc1ccc2c(c1)CCCN2C(=O)c1ccccc1)c1cccc(C(F)(F)F)c1. The molecule has 1 aliphatic heterocycles. The number of rotatable bonds is 3. The molecular weight excluding hydrogens is 405 g/mol. The standard InChI is InChI=1S/C24H19F3N2O2/c25-24(26,27)19-10-4-8-18(14-19)22(30)28-20-11-12-21-17(15-20)9-5-13-29(21)23(31)16-6-2-1-3-7-16/h1-4,6-8,10-12,14-15H,5,9,13H2,(H,28,30). The lowest BCUT2D eigenvalue weighted by atomic mass is 9.99. The van der Waals surface area contributed by atoms with Crippen LogP contribution in [-0.4, -0.2) is 18.4 Å². The van der Waals surface area contributed by atoms with E-state index in [0.29, 0.717) is 17.8 Å². The van der Waals surface area contributed by atoms with Crippen molar-refractivity contribution >= 4 is 23.2 Å². The summed E-state index contributed by atoms with van der Waals surface area (Å²) >= 11 is 0. The van der Waals surface area contributed by atoms with Gasteiger partial charge >= 0.3 is 6.18 Å². The van der Waals surface area contributed by atoms with Gasteiger partial charge in [0.1, 0.15) is 0 Å². The molecule has 3 aromatic carbocycles. The first-order valence-electron chi connectivity index (χ1n) is 9.81. The topological polar surface area (TPSA) is 49.4 Å². The van der Waals surface area contributed by atoms with Crippen LogP contribution in [0.5, 0.6) is 0 Å². The van der Waals surface area contributed by atoms with Gasteiger partial charge in [0.05, 0.1) is 5.56 Å². The largest absolute Gasteiger partial charge is 0.416 e. The Morgan fingerprint density at radius 3 is 2.35 bits per heavy atom. The Balaban J connectivity index is 1.55. The number of hydrogen-bond acceptors (Lipinski definition) is 2. The number of anilines is 2. The van der Waals surface area contributed by atoms with Crippen LogP contribution in [0, 0.1) is 0 Å². The van der Waals surface area contributed by atoms with Gasteiger partial charge in [-0.3, -0.25) is 9.59 Å². The predicted octanol–water partition coefficient (Wildman–Crippen LogP) is 5.55. The maximum Gasteiger partial charge on any atom is 0.416 e. The summed E-state index contributed by atoms with van der Waals surface area (Å²) in [5.41, 5.74) is 1.79. The average Bonchev–Trinajstić information content (AvgIpc) is 2.78. The first kappa shape index (κ1) is 20.7. The molecule has 4 rings (SSSR count). The number of halogens is 3. The second-order valence-electron chi connectivity index (χ2n) is 7.30. The first-order valence-corrected chi connectivity index (χ1v) is 9.81. The monoisotopic (exact) mass is 424 g/mol. The third-order valence-corrected chi connectivity index (χ3v) is 5.17. The molecule has 0 radical (unpaired) electrons. The average molecular weight is 424 g/mol. The minimum atomic E-state index is -4.52. The molecule has 1 aliphatic rings. The van der Waals surface area contributed by atoms with Crippen molar-refractivity contribution in [3.05, 3.63) is 95.1 Å². The van der Waals surface area contributed by atoms with Crippen molar-refractivity contribution in [2.45, 2.75) is 19.0 Å². The van der Waals surface area contributed by atoms with Crippen molar-refractivity contribution in [1.29, 1.82) is 0 Å². The van der Waals surface area contributed by atoms with Crippen LogP contribution in [0.1, 0.15) is 38.3 Å². The van der Waals surface area contributed by atoms with Crippen LogP contribution in [0.2, 0.25) is 0 Å². The van der Waals surface area contributed by atoms with E-state index in [1.165, 1.54) is 12.1 Å². The van der Waals surface area contributed by atoms with Crippen LogP contribution >= 0.6 is 0 Å².